The highest BCUT2D eigenvalue weighted by Gasteiger charge is 2.46. The number of nitrogens with zero attached hydrogens (tertiary/aromatic N) is 2. The van der Waals surface area contributed by atoms with Gasteiger partial charge >= 0.3 is 11.9 Å². The van der Waals surface area contributed by atoms with Gasteiger partial charge in [-0.2, -0.15) is 0 Å². The summed E-state index contributed by atoms with van der Waals surface area (Å²) in [5.74, 6) is -2.76. The number of ether oxygens (including phenoxy) is 2. The Bertz CT molecular complexity index is 1460. The van der Waals surface area contributed by atoms with Crippen LogP contribution in [0, 0.1) is 0 Å². The van der Waals surface area contributed by atoms with Crippen molar-refractivity contribution in [1.82, 2.24) is 15.2 Å². The molecule has 11 heteroatoms. The van der Waals surface area contributed by atoms with Crippen molar-refractivity contribution < 1.29 is 37.9 Å². The van der Waals surface area contributed by atoms with Crippen molar-refractivity contribution in [3.05, 3.63) is 89.6 Å². The summed E-state index contributed by atoms with van der Waals surface area (Å²) in [4.78, 5) is 69.6. The number of likely N-dealkylation sites (tertiary alicyclic amines) is 1. The van der Waals surface area contributed by atoms with E-state index in [1.165, 1.54) is 11.8 Å². The third-order valence-electron chi connectivity index (χ3n) is 7.76. The fraction of sp³-hybridized carbons (Fsp3) is 0.394. The van der Waals surface area contributed by atoms with E-state index in [0.29, 0.717) is 25.2 Å². The SMILES string of the molecule is CC(=O)O[C@@H](C(=O)NCCc1nc(Cc2ccccc2)co1)[C@@H](OC(C)=O)C(=O)N1CCC(C(C)=O)(c2ccccc2)CC1. The summed E-state index contributed by atoms with van der Waals surface area (Å²) < 4.78 is 16.1. The van der Waals surface area contributed by atoms with Crippen molar-refractivity contribution >= 4 is 29.5 Å². The first-order chi connectivity index (χ1) is 21.1. The number of ketones is 1. The van der Waals surface area contributed by atoms with E-state index in [4.69, 9.17) is 13.9 Å². The average Bonchev–Trinajstić information content (AvgIpc) is 3.46. The van der Waals surface area contributed by atoms with E-state index < -0.39 is 41.4 Å². The zero-order chi connectivity index (χ0) is 31.7. The van der Waals surface area contributed by atoms with Crippen molar-refractivity contribution in [2.75, 3.05) is 19.6 Å². The molecule has 11 nitrogen and oxygen atoms in total. The Labute approximate surface area is 255 Å². The summed E-state index contributed by atoms with van der Waals surface area (Å²) in [6.07, 6.45) is -0.369. The Morgan fingerprint density at radius 3 is 2.07 bits per heavy atom. The van der Waals surface area contributed by atoms with Gasteiger partial charge in [-0.15, -0.1) is 0 Å². The molecule has 0 aliphatic carbocycles. The predicted molar refractivity (Wildman–Crippen MR) is 158 cm³/mol. The summed E-state index contributed by atoms with van der Waals surface area (Å²) in [5.41, 5.74) is 1.92. The Kier molecular flexibility index (Phi) is 10.6. The molecule has 4 rings (SSSR count). The van der Waals surface area contributed by atoms with Crippen molar-refractivity contribution in [3.63, 3.8) is 0 Å². The van der Waals surface area contributed by atoms with Gasteiger partial charge in [-0.1, -0.05) is 60.7 Å². The lowest BCUT2D eigenvalue weighted by atomic mass is 9.70. The number of amides is 2. The minimum atomic E-state index is -1.73. The second kappa shape index (κ2) is 14.6. The van der Waals surface area contributed by atoms with Crippen LogP contribution in [0.1, 0.15) is 56.3 Å². The number of aromatic nitrogens is 1. The number of hydrogen-bond acceptors (Lipinski definition) is 9. The van der Waals surface area contributed by atoms with E-state index >= 15 is 0 Å². The third kappa shape index (κ3) is 7.97. The maximum atomic E-state index is 13.7. The molecule has 232 valence electrons. The minimum absolute atomic E-state index is 0.0114. The molecule has 1 aliphatic rings. The molecule has 0 radical (unpaired) electrons. The highest BCUT2D eigenvalue weighted by Crippen LogP contribution is 2.37. The number of piperidine rings is 1. The Morgan fingerprint density at radius 2 is 1.48 bits per heavy atom. The molecule has 2 atom stereocenters. The fourth-order valence-electron chi connectivity index (χ4n) is 5.49. The fourth-order valence-corrected chi connectivity index (χ4v) is 5.49. The van der Waals surface area contributed by atoms with E-state index in [1.54, 1.807) is 6.26 Å². The molecule has 2 aromatic carbocycles. The molecule has 1 aromatic heterocycles. The highest BCUT2D eigenvalue weighted by atomic mass is 16.6. The lowest BCUT2D eigenvalue weighted by molar-refractivity contribution is -0.178. The van der Waals surface area contributed by atoms with Crippen LogP contribution in [0.25, 0.3) is 0 Å². The second-order valence-corrected chi connectivity index (χ2v) is 10.8. The summed E-state index contributed by atoms with van der Waals surface area (Å²) in [7, 11) is 0. The monoisotopic (exact) mass is 603 g/mol. The number of hydrogen-bond donors (Lipinski definition) is 1. The summed E-state index contributed by atoms with van der Waals surface area (Å²) in [6.45, 7) is 4.15. The molecule has 0 spiro atoms. The van der Waals surface area contributed by atoms with E-state index in [2.05, 4.69) is 10.3 Å². The topological polar surface area (TPSA) is 145 Å². The van der Waals surface area contributed by atoms with Crippen LogP contribution in [0.15, 0.2) is 71.3 Å². The Morgan fingerprint density at radius 1 is 0.886 bits per heavy atom. The van der Waals surface area contributed by atoms with Crippen LogP contribution in [0.2, 0.25) is 0 Å². The number of esters is 2. The first-order valence-corrected chi connectivity index (χ1v) is 14.5. The van der Waals surface area contributed by atoms with E-state index in [1.807, 2.05) is 60.7 Å². The molecule has 0 unspecified atom stereocenters. The lowest BCUT2D eigenvalue weighted by Gasteiger charge is -2.41. The van der Waals surface area contributed by atoms with Gasteiger partial charge in [0.15, 0.2) is 5.89 Å². The van der Waals surface area contributed by atoms with Gasteiger partial charge in [0.25, 0.3) is 11.8 Å². The molecule has 1 fully saturated rings. The minimum Gasteiger partial charge on any atom is -0.449 e. The van der Waals surface area contributed by atoms with Crippen LogP contribution < -0.4 is 5.32 Å². The average molecular weight is 604 g/mol. The normalized spacial score (nSPS) is 15.5. The standard InChI is InChI=1S/C33H37N3O8/c1-22(37)33(26-12-8-5-9-13-26)15-18-36(19-16-33)32(41)30(44-24(3)39)29(43-23(2)38)31(40)34-17-14-28-35-27(21-42-28)20-25-10-6-4-7-11-25/h4-13,21,29-30H,14-20H2,1-3H3,(H,34,40)/t29-,30-/m1/s1. The number of carbonyl (C=O) groups excluding carboxylic acids is 5. The van der Waals surface area contributed by atoms with E-state index in [-0.39, 0.29) is 31.8 Å². The van der Waals surface area contributed by atoms with Gasteiger partial charge in [0.2, 0.25) is 12.2 Å². The molecular weight excluding hydrogens is 566 g/mol. The Balaban J connectivity index is 1.42. The number of Topliss-reactive ketones (excluding diaryl/α,β-unsaturated/α-hetero) is 1. The van der Waals surface area contributed by atoms with Crippen molar-refractivity contribution in [3.8, 4) is 0 Å². The molecule has 44 heavy (non-hydrogen) atoms. The van der Waals surface area contributed by atoms with Crippen LogP contribution in [-0.4, -0.2) is 71.3 Å². The van der Waals surface area contributed by atoms with E-state index in [9.17, 15) is 24.0 Å². The van der Waals surface area contributed by atoms with Crippen LogP contribution in [0.3, 0.4) is 0 Å². The zero-order valence-electron chi connectivity index (χ0n) is 25.1. The van der Waals surface area contributed by atoms with Crippen molar-refractivity contribution in [1.29, 1.82) is 0 Å². The first-order valence-electron chi connectivity index (χ1n) is 14.5. The summed E-state index contributed by atoms with van der Waals surface area (Å²) in [5, 5.41) is 2.63. The van der Waals surface area contributed by atoms with Gasteiger partial charge in [-0.3, -0.25) is 24.0 Å². The molecule has 2 heterocycles. The zero-order valence-corrected chi connectivity index (χ0v) is 25.1. The highest BCUT2D eigenvalue weighted by molar-refractivity contribution is 5.94. The third-order valence-corrected chi connectivity index (χ3v) is 7.76. The maximum Gasteiger partial charge on any atom is 0.303 e. The van der Waals surface area contributed by atoms with Gasteiger partial charge in [-0.05, 0) is 30.9 Å². The van der Waals surface area contributed by atoms with Crippen molar-refractivity contribution in [2.45, 2.75) is 64.1 Å². The molecule has 3 aromatic rings. The first kappa shape index (κ1) is 32.1. The number of oxazole rings is 1. The van der Waals surface area contributed by atoms with Gasteiger partial charge in [0.1, 0.15) is 12.0 Å². The molecule has 1 saturated heterocycles. The summed E-state index contributed by atoms with van der Waals surface area (Å²) >= 11 is 0. The summed E-state index contributed by atoms with van der Waals surface area (Å²) in [6, 6.07) is 19.2. The number of rotatable bonds is 12. The van der Waals surface area contributed by atoms with Gasteiger partial charge in [-0.25, -0.2) is 4.98 Å². The predicted octanol–water partition coefficient (Wildman–Crippen LogP) is 2.94. The lowest BCUT2D eigenvalue weighted by Crippen LogP contribution is -2.57. The molecular formula is C33H37N3O8. The van der Waals surface area contributed by atoms with Crippen LogP contribution in [-0.2, 0) is 51.7 Å². The quantitative estimate of drug-likeness (QED) is 0.309. The van der Waals surface area contributed by atoms with Crippen LogP contribution in [0.4, 0.5) is 0 Å². The van der Waals surface area contributed by atoms with Crippen LogP contribution >= 0.6 is 0 Å². The van der Waals surface area contributed by atoms with E-state index in [0.717, 1.165) is 30.7 Å². The van der Waals surface area contributed by atoms with Crippen molar-refractivity contribution in [2.24, 2.45) is 0 Å². The molecule has 1 aliphatic heterocycles. The number of nitrogens with one attached hydrogen (secondary N) is 1. The molecule has 0 saturated carbocycles. The van der Waals surface area contributed by atoms with Crippen LogP contribution in [0.5, 0.6) is 0 Å². The smallest absolute Gasteiger partial charge is 0.303 e. The van der Waals surface area contributed by atoms with Gasteiger partial charge in [0, 0.05) is 46.3 Å². The van der Waals surface area contributed by atoms with Gasteiger partial charge in [0.05, 0.1) is 11.1 Å². The molecule has 2 amide bonds. The Hall–Kier alpha value is -4.80. The number of carbonyl (C=O) groups is 5. The number of benzene rings is 2. The maximum absolute atomic E-state index is 13.7. The second-order valence-electron chi connectivity index (χ2n) is 10.8. The molecule has 1 N–H and O–H groups in total. The largest absolute Gasteiger partial charge is 0.449 e. The molecule has 0 bridgehead atoms. The van der Waals surface area contributed by atoms with Gasteiger partial charge < -0.3 is 24.1 Å².